The van der Waals surface area contributed by atoms with E-state index in [0.717, 1.165) is 4.90 Å². The lowest BCUT2D eigenvalue weighted by Gasteiger charge is -2.23. The van der Waals surface area contributed by atoms with Gasteiger partial charge in [-0.15, -0.1) is 0 Å². The van der Waals surface area contributed by atoms with E-state index >= 15 is 0 Å². The van der Waals surface area contributed by atoms with Crippen molar-refractivity contribution in [3.05, 3.63) is 35.4 Å². The second kappa shape index (κ2) is 6.05. The number of benzene rings is 1. The van der Waals surface area contributed by atoms with E-state index in [0.29, 0.717) is 11.1 Å². The van der Waals surface area contributed by atoms with Crippen molar-refractivity contribution in [2.24, 2.45) is 5.92 Å². The summed E-state index contributed by atoms with van der Waals surface area (Å²) in [4.78, 5) is 37.2. The summed E-state index contributed by atoms with van der Waals surface area (Å²) in [5.41, 5.74) is 0.631. The summed E-state index contributed by atoms with van der Waals surface area (Å²) in [5, 5.41) is 9.71. The number of carbonyl (C=O) groups excluding carboxylic acids is 3. The first-order valence-electron chi connectivity index (χ1n) is 6.77. The normalized spacial score (nSPS) is 16.6. The van der Waals surface area contributed by atoms with Gasteiger partial charge in [-0.25, -0.2) is 0 Å². The standard InChI is InChI=1S/C15H17NO5/c1-3-21-15(20)12(9(2)17)8-16-13(18)10-6-4-5-7-11(10)14(16)19/h4-7,9,12,17H,3,8H2,1-2H3. The Balaban J connectivity index is 2.22. The van der Waals surface area contributed by atoms with Gasteiger partial charge in [-0.3, -0.25) is 19.3 Å². The van der Waals surface area contributed by atoms with E-state index < -0.39 is 29.8 Å². The molecule has 0 aromatic heterocycles. The molecule has 0 bridgehead atoms. The van der Waals surface area contributed by atoms with Crippen molar-refractivity contribution in [1.29, 1.82) is 0 Å². The minimum absolute atomic E-state index is 0.171. The SMILES string of the molecule is CCOC(=O)C(CN1C(=O)c2ccccc2C1=O)C(C)O. The predicted octanol–water partition coefficient (Wildman–Crippen LogP) is 0.843. The van der Waals surface area contributed by atoms with Gasteiger partial charge in [0.25, 0.3) is 11.8 Å². The van der Waals surface area contributed by atoms with Crippen LogP contribution in [-0.4, -0.2) is 47.0 Å². The number of hydrogen-bond donors (Lipinski definition) is 1. The lowest BCUT2D eigenvalue weighted by molar-refractivity contribution is -0.151. The lowest BCUT2D eigenvalue weighted by atomic mass is 10.0. The second-order valence-electron chi connectivity index (χ2n) is 4.87. The van der Waals surface area contributed by atoms with Crippen LogP contribution in [0.25, 0.3) is 0 Å². The molecule has 2 unspecified atom stereocenters. The van der Waals surface area contributed by atoms with E-state index in [1.165, 1.54) is 6.92 Å². The predicted molar refractivity (Wildman–Crippen MR) is 73.6 cm³/mol. The van der Waals surface area contributed by atoms with Gasteiger partial charge in [-0.2, -0.15) is 0 Å². The number of aliphatic hydroxyl groups is 1. The molecule has 0 saturated carbocycles. The number of rotatable bonds is 5. The summed E-state index contributed by atoms with van der Waals surface area (Å²) >= 11 is 0. The average Bonchev–Trinajstić information content (AvgIpc) is 2.69. The number of nitrogens with zero attached hydrogens (tertiary/aromatic N) is 1. The fourth-order valence-electron chi connectivity index (χ4n) is 2.27. The molecule has 2 amide bonds. The molecule has 0 aliphatic carbocycles. The summed E-state index contributed by atoms with van der Waals surface area (Å²) in [7, 11) is 0. The molecule has 1 N–H and O–H groups in total. The molecule has 1 aliphatic heterocycles. The van der Waals surface area contributed by atoms with Crippen LogP contribution in [0, 0.1) is 5.92 Å². The minimum Gasteiger partial charge on any atom is -0.466 e. The molecule has 112 valence electrons. The highest BCUT2D eigenvalue weighted by molar-refractivity contribution is 6.21. The van der Waals surface area contributed by atoms with Gasteiger partial charge in [-0.1, -0.05) is 12.1 Å². The van der Waals surface area contributed by atoms with Gasteiger partial charge in [0, 0.05) is 6.54 Å². The van der Waals surface area contributed by atoms with E-state index in [-0.39, 0.29) is 13.2 Å². The first kappa shape index (κ1) is 15.2. The average molecular weight is 291 g/mol. The molecule has 1 aromatic carbocycles. The molecule has 1 aromatic rings. The molecule has 0 spiro atoms. The first-order chi connectivity index (χ1) is 9.97. The van der Waals surface area contributed by atoms with Crippen molar-refractivity contribution in [3.8, 4) is 0 Å². The highest BCUT2D eigenvalue weighted by Crippen LogP contribution is 2.24. The number of hydrogen-bond acceptors (Lipinski definition) is 5. The van der Waals surface area contributed by atoms with Crippen LogP contribution >= 0.6 is 0 Å². The van der Waals surface area contributed by atoms with Crippen molar-refractivity contribution >= 4 is 17.8 Å². The van der Waals surface area contributed by atoms with Crippen LogP contribution in [0.1, 0.15) is 34.6 Å². The lowest BCUT2D eigenvalue weighted by Crippen LogP contribution is -2.42. The van der Waals surface area contributed by atoms with Gasteiger partial charge < -0.3 is 9.84 Å². The van der Waals surface area contributed by atoms with Gasteiger partial charge in [0.2, 0.25) is 0 Å². The number of ether oxygens (including phenoxy) is 1. The molecule has 1 heterocycles. The summed E-state index contributed by atoms with van der Waals surface area (Å²) in [6, 6.07) is 6.48. The van der Waals surface area contributed by atoms with E-state index in [4.69, 9.17) is 4.74 Å². The molecule has 6 heteroatoms. The molecular weight excluding hydrogens is 274 g/mol. The van der Waals surface area contributed by atoms with E-state index in [1.54, 1.807) is 31.2 Å². The Labute approximate surface area is 122 Å². The van der Waals surface area contributed by atoms with Crippen molar-refractivity contribution < 1.29 is 24.2 Å². The molecular formula is C15H17NO5. The van der Waals surface area contributed by atoms with Crippen LogP contribution in [0.4, 0.5) is 0 Å². The maximum absolute atomic E-state index is 12.2. The third kappa shape index (κ3) is 2.80. The molecule has 0 fully saturated rings. The molecule has 0 radical (unpaired) electrons. The van der Waals surface area contributed by atoms with Crippen molar-refractivity contribution in [1.82, 2.24) is 4.90 Å². The van der Waals surface area contributed by atoms with Gasteiger partial charge >= 0.3 is 5.97 Å². The van der Waals surface area contributed by atoms with E-state index in [1.807, 2.05) is 0 Å². The maximum atomic E-state index is 12.2. The Kier molecular flexibility index (Phi) is 4.37. The summed E-state index contributed by atoms with van der Waals surface area (Å²) < 4.78 is 4.88. The third-order valence-electron chi connectivity index (χ3n) is 3.43. The number of esters is 1. The zero-order valence-electron chi connectivity index (χ0n) is 11.9. The topological polar surface area (TPSA) is 83.9 Å². The van der Waals surface area contributed by atoms with E-state index in [9.17, 15) is 19.5 Å². The highest BCUT2D eigenvalue weighted by Gasteiger charge is 2.39. The largest absolute Gasteiger partial charge is 0.466 e. The fourth-order valence-corrected chi connectivity index (χ4v) is 2.27. The van der Waals surface area contributed by atoms with Crippen molar-refractivity contribution in [2.45, 2.75) is 20.0 Å². The Morgan fingerprint density at radius 3 is 2.19 bits per heavy atom. The maximum Gasteiger partial charge on any atom is 0.313 e. The zero-order valence-corrected chi connectivity index (χ0v) is 11.9. The smallest absolute Gasteiger partial charge is 0.313 e. The van der Waals surface area contributed by atoms with Crippen LogP contribution in [0.15, 0.2) is 24.3 Å². The number of carbonyl (C=O) groups is 3. The van der Waals surface area contributed by atoms with Crippen LogP contribution in [0.5, 0.6) is 0 Å². The minimum atomic E-state index is -1.02. The van der Waals surface area contributed by atoms with Crippen LogP contribution in [0.2, 0.25) is 0 Å². The van der Waals surface area contributed by atoms with Gasteiger partial charge in [0.05, 0.1) is 23.8 Å². The molecule has 6 nitrogen and oxygen atoms in total. The summed E-state index contributed by atoms with van der Waals surface area (Å²) in [6.07, 6.45) is -1.02. The highest BCUT2D eigenvalue weighted by atomic mass is 16.5. The van der Waals surface area contributed by atoms with Gasteiger partial charge in [0.15, 0.2) is 0 Å². The fraction of sp³-hybridized carbons (Fsp3) is 0.400. The summed E-state index contributed by atoms with van der Waals surface area (Å²) in [5.74, 6) is -2.48. The van der Waals surface area contributed by atoms with Gasteiger partial charge in [-0.05, 0) is 26.0 Å². The van der Waals surface area contributed by atoms with Crippen molar-refractivity contribution in [3.63, 3.8) is 0 Å². The number of amides is 2. The number of imide groups is 1. The monoisotopic (exact) mass is 291 g/mol. The Bertz CT molecular complexity index is 546. The quantitative estimate of drug-likeness (QED) is 0.642. The molecule has 21 heavy (non-hydrogen) atoms. The Morgan fingerprint density at radius 1 is 1.24 bits per heavy atom. The third-order valence-corrected chi connectivity index (χ3v) is 3.43. The number of aliphatic hydroxyl groups excluding tert-OH is 1. The zero-order chi connectivity index (χ0) is 15.6. The van der Waals surface area contributed by atoms with E-state index in [2.05, 4.69) is 0 Å². The molecule has 0 saturated heterocycles. The molecule has 2 atom stereocenters. The van der Waals surface area contributed by atoms with Gasteiger partial charge in [0.1, 0.15) is 5.92 Å². The first-order valence-corrected chi connectivity index (χ1v) is 6.77. The molecule has 1 aliphatic rings. The van der Waals surface area contributed by atoms with Crippen molar-refractivity contribution in [2.75, 3.05) is 13.2 Å². The molecule has 2 rings (SSSR count). The Morgan fingerprint density at radius 2 is 1.76 bits per heavy atom. The summed E-state index contributed by atoms with van der Waals surface area (Å²) in [6.45, 7) is 3.06. The van der Waals surface area contributed by atoms with Crippen LogP contribution < -0.4 is 0 Å². The Hall–Kier alpha value is -2.21. The van der Waals surface area contributed by atoms with Crippen LogP contribution in [0.3, 0.4) is 0 Å². The second-order valence-corrected chi connectivity index (χ2v) is 4.87. The number of fused-ring (bicyclic) bond motifs is 1. The van der Waals surface area contributed by atoms with Crippen LogP contribution in [-0.2, 0) is 9.53 Å².